The minimum atomic E-state index is -0.217. The summed E-state index contributed by atoms with van der Waals surface area (Å²) in [5, 5.41) is 12.9. The second kappa shape index (κ2) is 12.5. The number of H-pyrrole nitrogens is 1. The van der Waals surface area contributed by atoms with Gasteiger partial charge in [-0.25, -0.2) is 9.97 Å². The van der Waals surface area contributed by atoms with Crippen LogP contribution < -0.4 is 5.32 Å². The van der Waals surface area contributed by atoms with Gasteiger partial charge in [0.1, 0.15) is 5.52 Å². The second-order valence-electron chi connectivity index (χ2n) is 12.7. The molecular weight excluding hydrogens is 552 g/mol. The number of rotatable bonds is 7. The molecule has 4 aromatic rings. The van der Waals surface area contributed by atoms with Gasteiger partial charge in [-0.3, -0.25) is 14.5 Å². The molecule has 0 radical (unpaired) electrons. The average Bonchev–Trinajstić information content (AvgIpc) is 3.44. The van der Waals surface area contributed by atoms with Crippen molar-refractivity contribution in [2.24, 2.45) is 0 Å². The third kappa shape index (κ3) is 6.25. The Morgan fingerprint density at radius 1 is 1.07 bits per heavy atom. The number of benzene rings is 2. The van der Waals surface area contributed by atoms with Crippen molar-refractivity contribution in [1.29, 1.82) is 0 Å². The first-order valence-corrected chi connectivity index (χ1v) is 15.7. The number of aliphatic hydroxyl groups excluding tert-OH is 1. The molecule has 2 amide bonds. The normalized spacial score (nSPS) is 18.7. The number of aliphatic hydroxyl groups is 1. The minimum absolute atomic E-state index is 0.0133. The molecule has 2 aliphatic rings. The number of aryl methyl sites for hydroxylation is 2. The van der Waals surface area contributed by atoms with E-state index in [-0.39, 0.29) is 24.0 Å². The quantitative estimate of drug-likeness (QED) is 0.284. The summed E-state index contributed by atoms with van der Waals surface area (Å²) in [6.07, 6.45) is 8.23. The number of nitrogens with one attached hydrogen (secondary N) is 2. The first kappa shape index (κ1) is 30.0. The molecule has 0 spiro atoms. The van der Waals surface area contributed by atoms with E-state index >= 15 is 0 Å². The molecule has 44 heavy (non-hydrogen) atoms. The van der Waals surface area contributed by atoms with Gasteiger partial charge in [-0.1, -0.05) is 12.1 Å². The maximum atomic E-state index is 12.6. The van der Waals surface area contributed by atoms with E-state index in [1.807, 2.05) is 37.5 Å². The predicted octanol–water partition coefficient (Wildman–Crippen LogP) is 4.78. The molecule has 1 aliphatic carbocycles. The zero-order valence-corrected chi connectivity index (χ0v) is 26.1. The first-order valence-electron chi connectivity index (χ1n) is 15.7. The number of aromatic amines is 1. The van der Waals surface area contributed by atoms with Crippen LogP contribution in [0.3, 0.4) is 0 Å². The van der Waals surface area contributed by atoms with Crippen LogP contribution in [0.1, 0.15) is 64.7 Å². The highest BCUT2D eigenvalue weighted by Crippen LogP contribution is 2.32. The Labute approximate surface area is 258 Å². The lowest BCUT2D eigenvalue weighted by atomic mass is 9.92. The van der Waals surface area contributed by atoms with Crippen LogP contribution in [0.2, 0.25) is 0 Å². The lowest BCUT2D eigenvalue weighted by molar-refractivity contribution is -0.122. The molecule has 6 rings (SSSR count). The van der Waals surface area contributed by atoms with Gasteiger partial charge in [0.25, 0.3) is 5.91 Å². The Morgan fingerprint density at radius 2 is 1.84 bits per heavy atom. The summed E-state index contributed by atoms with van der Waals surface area (Å²) >= 11 is 0. The SMILES string of the molecule is Cc1cc(-c2c[nH]c3ncc(-c4cc(C)c5c(c4)CN(CCC(=O)NC4CCC(O)CC4)CC5)nc23)ccc1C(=O)N(C)C. The zero-order chi connectivity index (χ0) is 31.0. The van der Waals surface area contributed by atoms with E-state index in [0.717, 1.165) is 90.8 Å². The van der Waals surface area contributed by atoms with Gasteiger partial charge in [-0.05, 0) is 92.0 Å². The Morgan fingerprint density at radius 3 is 2.59 bits per heavy atom. The highest BCUT2D eigenvalue weighted by molar-refractivity contribution is 5.97. The third-order valence-electron chi connectivity index (χ3n) is 9.20. The number of fused-ring (bicyclic) bond motifs is 2. The number of carbonyl (C=O) groups excluding carboxylic acids is 2. The largest absolute Gasteiger partial charge is 0.393 e. The van der Waals surface area contributed by atoms with E-state index < -0.39 is 0 Å². The van der Waals surface area contributed by atoms with Gasteiger partial charge in [0, 0.05) is 69.1 Å². The highest BCUT2D eigenvalue weighted by atomic mass is 16.3. The van der Waals surface area contributed by atoms with Crippen molar-refractivity contribution in [2.75, 3.05) is 27.2 Å². The minimum Gasteiger partial charge on any atom is -0.393 e. The Kier molecular flexibility index (Phi) is 8.51. The molecular formula is C35H42N6O3. The van der Waals surface area contributed by atoms with Crippen molar-refractivity contribution in [1.82, 2.24) is 30.1 Å². The van der Waals surface area contributed by atoms with Crippen molar-refractivity contribution in [2.45, 2.75) is 71.1 Å². The molecule has 3 heterocycles. The van der Waals surface area contributed by atoms with Gasteiger partial charge in [0.15, 0.2) is 5.65 Å². The van der Waals surface area contributed by atoms with Crippen LogP contribution in [-0.2, 0) is 17.8 Å². The smallest absolute Gasteiger partial charge is 0.253 e. The summed E-state index contributed by atoms with van der Waals surface area (Å²) in [5.41, 5.74) is 10.8. The number of hydrogen-bond donors (Lipinski definition) is 3. The topological polar surface area (TPSA) is 114 Å². The maximum Gasteiger partial charge on any atom is 0.253 e. The van der Waals surface area contributed by atoms with Gasteiger partial charge in [-0.2, -0.15) is 0 Å². The van der Waals surface area contributed by atoms with Gasteiger partial charge in [0.05, 0.1) is 18.0 Å². The van der Waals surface area contributed by atoms with Crippen LogP contribution in [0, 0.1) is 13.8 Å². The van der Waals surface area contributed by atoms with E-state index in [4.69, 9.17) is 9.97 Å². The third-order valence-corrected chi connectivity index (χ3v) is 9.20. The molecule has 1 fully saturated rings. The van der Waals surface area contributed by atoms with Crippen LogP contribution in [0.5, 0.6) is 0 Å². The Balaban J connectivity index is 1.19. The number of aromatic nitrogens is 3. The van der Waals surface area contributed by atoms with Gasteiger partial charge in [0.2, 0.25) is 5.91 Å². The Bertz CT molecular complexity index is 1700. The number of amides is 2. The van der Waals surface area contributed by atoms with Crippen molar-refractivity contribution < 1.29 is 14.7 Å². The maximum absolute atomic E-state index is 12.6. The second-order valence-corrected chi connectivity index (χ2v) is 12.7. The standard InChI is InChI=1S/C35H42N6O3/c1-21-16-24(17-25-20-41(13-11-28(21)25)14-12-32(43)38-26-6-8-27(42)9-7-26)31-19-37-34-33(39-31)30(18-36-34)23-5-10-29(22(2)15-23)35(44)40(3)4/h5,10,15-19,26-27,42H,6-9,11-14,20H2,1-4H3,(H,36,37)(H,38,43). The van der Waals surface area contributed by atoms with Crippen molar-refractivity contribution in [3.05, 3.63) is 70.5 Å². The summed E-state index contributed by atoms with van der Waals surface area (Å²) in [5.74, 6) is 0.0859. The summed E-state index contributed by atoms with van der Waals surface area (Å²) in [6, 6.07) is 10.5. The van der Waals surface area contributed by atoms with E-state index in [0.29, 0.717) is 12.0 Å². The van der Waals surface area contributed by atoms with Gasteiger partial charge >= 0.3 is 0 Å². The fourth-order valence-corrected chi connectivity index (χ4v) is 6.66. The molecule has 9 nitrogen and oxygen atoms in total. The van der Waals surface area contributed by atoms with E-state index in [1.165, 1.54) is 16.7 Å². The van der Waals surface area contributed by atoms with Crippen LogP contribution in [0.15, 0.2) is 42.7 Å². The Hall–Kier alpha value is -4.08. The lowest BCUT2D eigenvalue weighted by Crippen LogP contribution is -2.40. The van der Waals surface area contributed by atoms with Crippen LogP contribution in [-0.4, -0.2) is 81.0 Å². The van der Waals surface area contributed by atoms with E-state index in [9.17, 15) is 14.7 Å². The molecule has 2 aromatic heterocycles. The number of nitrogens with zero attached hydrogens (tertiary/aromatic N) is 4. The molecule has 0 bridgehead atoms. The molecule has 2 aromatic carbocycles. The molecule has 0 saturated heterocycles. The van der Waals surface area contributed by atoms with Gasteiger partial charge < -0.3 is 20.3 Å². The fourth-order valence-electron chi connectivity index (χ4n) is 6.66. The molecule has 0 atom stereocenters. The summed E-state index contributed by atoms with van der Waals surface area (Å²) in [7, 11) is 3.52. The van der Waals surface area contributed by atoms with E-state index in [1.54, 1.807) is 19.0 Å². The van der Waals surface area contributed by atoms with Crippen molar-refractivity contribution in [3.63, 3.8) is 0 Å². The molecule has 1 saturated carbocycles. The predicted molar refractivity (Wildman–Crippen MR) is 172 cm³/mol. The van der Waals surface area contributed by atoms with Gasteiger partial charge in [-0.15, -0.1) is 0 Å². The summed E-state index contributed by atoms with van der Waals surface area (Å²) < 4.78 is 0. The summed E-state index contributed by atoms with van der Waals surface area (Å²) in [4.78, 5) is 42.2. The fraction of sp³-hybridized carbons (Fsp3) is 0.429. The van der Waals surface area contributed by atoms with Crippen LogP contribution in [0.4, 0.5) is 0 Å². The molecule has 0 unspecified atom stereocenters. The van der Waals surface area contributed by atoms with Crippen LogP contribution in [0.25, 0.3) is 33.5 Å². The number of carbonyl (C=O) groups is 2. The lowest BCUT2D eigenvalue weighted by Gasteiger charge is -2.30. The van der Waals surface area contributed by atoms with E-state index in [2.05, 4.69) is 34.3 Å². The van der Waals surface area contributed by atoms with Crippen molar-refractivity contribution >= 4 is 23.0 Å². The van der Waals surface area contributed by atoms with Crippen molar-refractivity contribution in [3.8, 4) is 22.4 Å². The average molecular weight is 595 g/mol. The first-order chi connectivity index (χ1) is 21.2. The molecule has 230 valence electrons. The number of hydrogen-bond acceptors (Lipinski definition) is 6. The molecule has 9 heteroatoms. The molecule has 3 N–H and O–H groups in total. The zero-order valence-electron chi connectivity index (χ0n) is 26.1. The van der Waals surface area contributed by atoms with Crippen LogP contribution >= 0.6 is 0 Å². The summed E-state index contributed by atoms with van der Waals surface area (Å²) in [6.45, 7) is 6.59. The molecule has 1 aliphatic heterocycles. The monoisotopic (exact) mass is 594 g/mol. The highest BCUT2D eigenvalue weighted by Gasteiger charge is 2.23.